The van der Waals surface area contributed by atoms with Crippen LogP contribution in [-0.4, -0.2) is 24.5 Å². The zero-order valence-electron chi connectivity index (χ0n) is 11.5. The second-order valence-corrected chi connectivity index (χ2v) is 7.49. The van der Waals surface area contributed by atoms with Gasteiger partial charge in [-0.15, -0.1) is 11.8 Å². The average Bonchev–Trinajstić information content (AvgIpc) is 2.72. The van der Waals surface area contributed by atoms with Crippen molar-refractivity contribution in [3.8, 4) is 11.3 Å². The van der Waals surface area contributed by atoms with Gasteiger partial charge >= 0.3 is 0 Å². The lowest BCUT2D eigenvalue weighted by Gasteiger charge is -2.16. The van der Waals surface area contributed by atoms with Crippen LogP contribution in [0, 0.1) is 0 Å². The maximum absolute atomic E-state index is 6.07. The summed E-state index contributed by atoms with van der Waals surface area (Å²) in [4.78, 5) is 8.83. The van der Waals surface area contributed by atoms with Crippen molar-refractivity contribution in [3.05, 3.63) is 29.4 Å². The van der Waals surface area contributed by atoms with Gasteiger partial charge in [-0.1, -0.05) is 32.4 Å². The van der Waals surface area contributed by atoms with Gasteiger partial charge in [0.25, 0.3) is 0 Å². The van der Waals surface area contributed by atoms with E-state index in [0.29, 0.717) is 5.15 Å². The average molecular weight is 297 g/mol. The Balaban J connectivity index is 2.25. The maximum atomic E-state index is 6.07. The molecule has 0 saturated carbocycles. The van der Waals surface area contributed by atoms with E-state index < -0.39 is 0 Å². The molecule has 2 heterocycles. The molecule has 19 heavy (non-hydrogen) atoms. The molecule has 0 aliphatic heterocycles. The van der Waals surface area contributed by atoms with E-state index >= 15 is 0 Å². The zero-order chi connectivity index (χ0) is 14.0. The van der Waals surface area contributed by atoms with Gasteiger partial charge in [-0.2, -0.15) is 5.10 Å². The van der Waals surface area contributed by atoms with Crippen molar-refractivity contribution in [1.29, 1.82) is 0 Å². The van der Waals surface area contributed by atoms with Crippen LogP contribution in [0.2, 0.25) is 5.15 Å². The quantitative estimate of drug-likeness (QED) is 0.812. The van der Waals surface area contributed by atoms with Crippen LogP contribution >= 0.6 is 23.4 Å². The molecule has 4 nitrogen and oxygen atoms in total. The van der Waals surface area contributed by atoms with Gasteiger partial charge in [0.05, 0.1) is 17.6 Å². The Hall–Kier alpha value is -1.07. The van der Waals surface area contributed by atoms with Crippen LogP contribution in [0.3, 0.4) is 0 Å². The van der Waals surface area contributed by atoms with Crippen molar-refractivity contribution >= 4 is 23.4 Å². The topological polar surface area (TPSA) is 43.6 Å². The van der Waals surface area contributed by atoms with Gasteiger partial charge in [0.15, 0.2) is 0 Å². The van der Waals surface area contributed by atoms with E-state index in [1.807, 2.05) is 13.2 Å². The van der Waals surface area contributed by atoms with Gasteiger partial charge in [0.1, 0.15) is 11.0 Å². The van der Waals surface area contributed by atoms with E-state index in [2.05, 4.69) is 35.8 Å². The minimum Gasteiger partial charge on any atom is -0.275 e. The van der Waals surface area contributed by atoms with Crippen LogP contribution in [0.25, 0.3) is 11.3 Å². The van der Waals surface area contributed by atoms with Gasteiger partial charge in [-0.3, -0.25) is 4.68 Å². The highest BCUT2D eigenvalue weighted by Crippen LogP contribution is 2.27. The molecule has 2 rings (SSSR count). The summed E-state index contributed by atoms with van der Waals surface area (Å²) in [6.07, 6.45) is 3.69. The lowest BCUT2D eigenvalue weighted by atomic mass is 10.2. The highest BCUT2D eigenvalue weighted by Gasteiger charge is 2.13. The molecule has 6 heteroatoms. The predicted octanol–water partition coefficient (Wildman–Crippen LogP) is 3.56. The fourth-order valence-corrected chi connectivity index (χ4v) is 2.40. The summed E-state index contributed by atoms with van der Waals surface area (Å²) >= 11 is 7.87. The molecule has 102 valence electrons. The first kappa shape index (κ1) is 14.3. The Bertz CT molecular complexity index is 574. The van der Waals surface area contributed by atoms with E-state index in [0.717, 1.165) is 22.8 Å². The number of aromatic nitrogens is 4. The van der Waals surface area contributed by atoms with Crippen LogP contribution in [0.15, 0.2) is 18.5 Å². The molecular weight excluding hydrogens is 280 g/mol. The first-order chi connectivity index (χ1) is 8.83. The summed E-state index contributed by atoms with van der Waals surface area (Å²) in [5.41, 5.74) is 1.77. The molecule has 0 fully saturated rings. The minimum absolute atomic E-state index is 0.181. The van der Waals surface area contributed by atoms with Gasteiger partial charge in [0, 0.05) is 29.6 Å². The number of aryl methyl sites for hydroxylation is 1. The number of hydrogen-bond acceptors (Lipinski definition) is 4. The third-order valence-electron chi connectivity index (χ3n) is 2.38. The SMILES string of the molecule is Cn1cc(-c2cc(Cl)nc(CSC(C)(C)C)n2)cn1. The molecule has 0 atom stereocenters. The van der Waals surface area contributed by atoms with Crippen molar-refractivity contribution in [1.82, 2.24) is 19.7 Å². The Kier molecular flexibility index (Phi) is 4.16. The van der Waals surface area contributed by atoms with Gasteiger partial charge in [-0.05, 0) is 0 Å². The fraction of sp³-hybridized carbons (Fsp3) is 0.462. The highest BCUT2D eigenvalue weighted by atomic mass is 35.5. The van der Waals surface area contributed by atoms with E-state index in [1.54, 1.807) is 28.7 Å². The van der Waals surface area contributed by atoms with E-state index in [-0.39, 0.29) is 4.75 Å². The number of thioether (sulfide) groups is 1. The van der Waals surface area contributed by atoms with Crippen molar-refractivity contribution < 1.29 is 0 Å². The summed E-state index contributed by atoms with van der Waals surface area (Å²) < 4.78 is 1.93. The van der Waals surface area contributed by atoms with Gasteiger partial charge in [-0.25, -0.2) is 9.97 Å². The Morgan fingerprint density at radius 3 is 2.63 bits per heavy atom. The molecular formula is C13H17ClN4S. The van der Waals surface area contributed by atoms with E-state index in [4.69, 9.17) is 11.6 Å². The molecule has 2 aromatic rings. The third-order valence-corrected chi connectivity index (χ3v) is 3.84. The molecule has 0 spiro atoms. The largest absolute Gasteiger partial charge is 0.275 e. The van der Waals surface area contributed by atoms with Crippen LogP contribution in [0.5, 0.6) is 0 Å². The molecule has 0 bridgehead atoms. The van der Waals surface area contributed by atoms with Crippen LogP contribution in [0.4, 0.5) is 0 Å². The molecule has 0 unspecified atom stereocenters. The number of halogens is 1. The lowest BCUT2D eigenvalue weighted by Crippen LogP contribution is -2.08. The second kappa shape index (κ2) is 5.51. The first-order valence-corrected chi connectivity index (χ1v) is 7.36. The van der Waals surface area contributed by atoms with Gasteiger partial charge in [0.2, 0.25) is 0 Å². The fourth-order valence-electron chi connectivity index (χ4n) is 1.51. The van der Waals surface area contributed by atoms with Crippen LogP contribution < -0.4 is 0 Å². The van der Waals surface area contributed by atoms with Gasteiger partial charge < -0.3 is 0 Å². The van der Waals surface area contributed by atoms with Crippen LogP contribution in [-0.2, 0) is 12.8 Å². The smallest absolute Gasteiger partial charge is 0.140 e. The highest BCUT2D eigenvalue weighted by molar-refractivity contribution is 7.99. The molecule has 0 amide bonds. The first-order valence-electron chi connectivity index (χ1n) is 6.00. The molecule has 2 aromatic heterocycles. The van der Waals surface area contributed by atoms with Crippen molar-refractivity contribution in [2.24, 2.45) is 7.05 Å². The second-order valence-electron chi connectivity index (χ2n) is 5.30. The van der Waals surface area contributed by atoms with Crippen molar-refractivity contribution in [2.45, 2.75) is 31.3 Å². The molecule has 0 aliphatic rings. The molecule has 0 N–H and O–H groups in total. The van der Waals surface area contributed by atoms with Crippen molar-refractivity contribution in [2.75, 3.05) is 0 Å². The van der Waals surface area contributed by atoms with Crippen LogP contribution in [0.1, 0.15) is 26.6 Å². The predicted molar refractivity (Wildman–Crippen MR) is 80.3 cm³/mol. The monoisotopic (exact) mass is 296 g/mol. The molecule has 0 saturated heterocycles. The van der Waals surface area contributed by atoms with Crippen molar-refractivity contribution in [3.63, 3.8) is 0 Å². The Morgan fingerprint density at radius 2 is 2.05 bits per heavy atom. The maximum Gasteiger partial charge on any atom is 0.140 e. The zero-order valence-corrected chi connectivity index (χ0v) is 13.1. The third kappa shape index (κ3) is 4.21. The number of hydrogen-bond donors (Lipinski definition) is 0. The summed E-state index contributed by atoms with van der Waals surface area (Å²) in [7, 11) is 1.88. The van der Waals surface area contributed by atoms with E-state index in [9.17, 15) is 0 Å². The lowest BCUT2D eigenvalue weighted by molar-refractivity contribution is 0.768. The standard InChI is InChI=1S/C13H17ClN4S/c1-13(2,3)19-8-12-16-10(5-11(14)17-12)9-6-15-18(4)7-9/h5-7H,8H2,1-4H3. The van der Waals surface area contributed by atoms with E-state index in [1.165, 1.54) is 0 Å². The summed E-state index contributed by atoms with van der Waals surface area (Å²) in [6, 6.07) is 1.77. The number of nitrogens with zero attached hydrogens (tertiary/aromatic N) is 4. The summed E-state index contributed by atoms with van der Waals surface area (Å²) in [6.45, 7) is 6.51. The summed E-state index contributed by atoms with van der Waals surface area (Å²) in [5.74, 6) is 1.50. The Labute approximate surface area is 122 Å². The molecule has 0 radical (unpaired) electrons. The minimum atomic E-state index is 0.181. The molecule has 0 aromatic carbocycles. The number of rotatable bonds is 3. The Morgan fingerprint density at radius 1 is 1.32 bits per heavy atom. The summed E-state index contributed by atoms with van der Waals surface area (Å²) in [5, 5.41) is 4.62. The normalized spacial score (nSPS) is 11.8. The molecule has 0 aliphatic carbocycles.